The van der Waals surface area contributed by atoms with Crippen molar-refractivity contribution in [3.63, 3.8) is 0 Å². The van der Waals surface area contributed by atoms with E-state index in [2.05, 4.69) is 36.4 Å². The van der Waals surface area contributed by atoms with E-state index in [1.165, 1.54) is 56.1 Å². The first kappa shape index (κ1) is 15.3. The van der Waals surface area contributed by atoms with Crippen molar-refractivity contribution < 1.29 is 0 Å². The summed E-state index contributed by atoms with van der Waals surface area (Å²) < 4.78 is 0. The van der Waals surface area contributed by atoms with Crippen LogP contribution in [0.3, 0.4) is 0 Å². The average Bonchev–Trinajstić information content (AvgIpc) is 2.56. The molecule has 2 aliphatic rings. The summed E-state index contributed by atoms with van der Waals surface area (Å²) in [7, 11) is 0. The highest BCUT2D eigenvalue weighted by molar-refractivity contribution is 6.31. The first-order valence-electron chi connectivity index (χ1n) is 9.06. The van der Waals surface area contributed by atoms with Crippen LogP contribution >= 0.6 is 11.6 Å². The van der Waals surface area contributed by atoms with Gasteiger partial charge in [-0.25, -0.2) is 0 Å². The van der Waals surface area contributed by atoms with E-state index >= 15 is 0 Å². The van der Waals surface area contributed by atoms with Gasteiger partial charge in [-0.05, 0) is 79.0 Å². The second kappa shape index (κ2) is 6.32. The van der Waals surface area contributed by atoms with Crippen molar-refractivity contribution in [3.8, 4) is 0 Å². The lowest BCUT2D eigenvalue weighted by molar-refractivity contribution is 0.0693. The van der Waals surface area contributed by atoms with E-state index in [0.717, 1.165) is 22.8 Å². The van der Waals surface area contributed by atoms with E-state index in [-0.39, 0.29) is 0 Å². The molecular formula is C22H25Cl. The smallest absolute Gasteiger partial charge is 0.0441 e. The van der Waals surface area contributed by atoms with E-state index in [9.17, 15) is 0 Å². The SMILES string of the molecule is Clc1ccccc1Cc1ccc(C2CCC3(CCC3)CC2)cc1. The van der Waals surface area contributed by atoms with Crippen LogP contribution in [0.1, 0.15) is 67.6 Å². The van der Waals surface area contributed by atoms with Gasteiger partial charge in [0.05, 0.1) is 0 Å². The number of rotatable bonds is 3. The zero-order valence-corrected chi connectivity index (χ0v) is 14.5. The Morgan fingerprint density at radius 1 is 0.870 bits per heavy atom. The van der Waals surface area contributed by atoms with Crippen molar-refractivity contribution >= 4 is 11.6 Å². The van der Waals surface area contributed by atoms with Gasteiger partial charge in [-0.2, -0.15) is 0 Å². The predicted molar refractivity (Wildman–Crippen MR) is 98.2 cm³/mol. The summed E-state index contributed by atoms with van der Waals surface area (Å²) in [5.74, 6) is 0.788. The first-order chi connectivity index (χ1) is 11.2. The fraction of sp³-hybridized carbons (Fsp3) is 0.455. The monoisotopic (exact) mass is 324 g/mol. The molecule has 0 heterocycles. The van der Waals surface area contributed by atoms with Crippen LogP contribution < -0.4 is 0 Å². The second-order valence-electron chi connectivity index (χ2n) is 7.64. The van der Waals surface area contributed by atoms with Crippen molar-refractivity contribution in [2.75, 3.05) is 0 Å². The molecule has 2 fully saturated rings. The maximum atomic E-state index is 6.27. The minimum absolute atomic E-state index is 0.764. The molecule has 23 heavy (non-hydrogen) atoms. The van der Waals surface area contributed by atoms with Crippen molar-refractivity contribution in [2.24, 2.45) is 5.41 Å². The highest BCUT2D eigenvalue weighted by Gasteiger charge is 2.40. The summed E-state index contributed by atoms with van der Waals surface area (Å²) in [6, 6.07) is 17.5. The molecule has 4 rings (SSSR count). The summed E-state index contributed by atoms with van der Waals surface area (Å²) >= 11 is 6.27. The standard InChI is InChI=1S/C22H25Cl/c23-21-5-2-1-4-20(21)16-17-6-8-18(9-7-17)19-10-14-22(15-11-19)12-3-13-22/h1-2,4-9,19H,3,10-16H2. The molecule has 120 valence electrons. The van der Waals surface area contributed by atoms with Crippen LogP contribution in [-0.4, -0.2) is 0 Å². The van der Waals surface area contributed by atoms with Crippen LogP contribution in [0.4, 0.5) is 0 Å². The zero-order valence-electron chi connectivity index (χ0n) is 13.7. The Balaban J connectivity index is 1.41. The fourth-order valence-electron chi connectivity index (χ4n) is 4.51. The molecule has 2 aliphatic carbocycles. The van der Waals surface area contributed by atoms with Crippen molar-refractivity contribution in [1.29, 1.82) is 0 Å². The third-order valence-electron chi connectivity index (χ3n) is 6.26. The van der Waals surface area contributed by atoms with Crippen LogP contribution in [0.2, 0.25) is 5.02 Å². The Kier molecular flexibility index (Phi) is 4.20. The van der Waals surface area contributed by atoms with Gasteiger partial charge < -0.3 is 0 Å². The lowest BCUT2D eigenvalue weighted by Gasteiger charge is -2.47. The number of halogens is 1. The number of benzene rings is 2. The second-order valence-corrected chi connectivity index (χ2v) is 8.04. The Bertz CT molecular complexity index is 657. The molecule has 1 heteroatoms. The van der Waals surface area contributed by atoms with E-state index in [1.807, 2.05) is 12.1 Å². The highest BCUT2D eigenvalue weighted by Crippen LogP contribution is 2.54. The maximum absolute atomic E-state index is 6.27. The Hall–Kier alpha value is -1.27. The first-order valence-corrected chi connectivity index (χ1v) is 9.44. The van der Waals surface area contributed by atoms with Gasteiger partial charge in [-0.15, -0.1) is 0 Å². The molecule has 0 radical (unpaired) electrons. The molecule has 0 atom stereocenters. The van der Waals surface area contributed by atoms with E-state index in [4.69, 9.17) is 11.6 Å². The molecule has 0 unspecified atom stereocenters. The van der Waals surface area contributed by atoms with Crippen LogP contribution in [0.25, 0.3) is 0 Å². The molecule has 0 bridgehead atoms. The number of hydrogen-bond acceptors (Lipinski definition) is 0. The summed E-state index contributed by atoms with van der Waals surface area (Å²) in [6.45, 7) is 0. The summed E-state index contributed by atoms with van der Waals surface area (Å²) in [5.41, 5.74) is 4.88. The summed E-state index contributed by atoms with van der Waals surface area (Å²) in [4.78, 5) is 0. The lowest BCUT2D eigenvalue weighted by atomic mass is 9.58. The van der Waals surface area contributed by atoms with Crippen LogP contribution in [0.15, 0.2) is 48.5 Å². The predicted octanol–water partition coefficient (Wildman–Crippen LogP) is 6.76. The Morgan fingerprint density at radius 3 is 2.17 bits per heavy atom. The highest BCUT2D eigenvalue weighted by atomic mass is 35.5. The van der Waals surface area contributed by atoms with Gasteiger partial charge in [0, 0.05) is 5.02 Å². The molecule has 2 saturated carbocycles. The van der Waals surface area contributed by atoms with Gasteiger partial charge in [0.15, 0.2) is 0 Å². The minimum Gasteiger partial charge on any atom is -0.0840 e. The van der Waals surface area contributed by atoms with Crippen molar-refractivity contribution in [2.45, 2.75) is 57.3 Å². The molecule has 0 amide bonds. The molecule has 2 aromatic rings. The quantitative estimate of drug-likeness (QED) is 0.585. The molecule has 0 nitrogen and oxygen atoms in total. The van der Waals surface area contributed by atoms with Gasteiger partial charge in [-0.1, -0.05) is 60.5 Å². The summed E-state index contributed by atoms with van der Waals surface area (Å²) in [6.07, 6.45) is 11.1. The maximum Gasteiger partial charge on any atom is 0.0441 e. The minimum atomic E-state index is 0.764. The van der Waals surface area contributed by atoms with Gasteiger partial charge >= 0.3 is 0 Å². The van der Waals surface area contributed by atoms with E-state index < -0.39 is 0 Å². The van der Waals surface area contributed by atoms with Gasteiger partial charge in [0.25, 0.3) is 0 Å². The summed E-state index contributed by atoms with van der Waals surface area (Å²) in [5, 5.41) is 0.870. The molecule has 0 aromatic heterocycles. The largest absolute Gasteiger partial charge is 0.0840 e. The Morgan fingerprint density at radius 2 is 1.57 bits per heavy atom. The van der Waals surface area contributed by atoms with Crippen molar-refractivity contribution in [3.05, 3.63) is 70.2 Å². The molecule has 2 aromatic carbocycles. The molecule has 0 N–H and O–H groups in total. The topological polar surface area (TPSA) is 0 Å². The third-order valence-corrected chi connectivity index (χ3v) is 6.63. The van der Waals surface area contributed by atoms with Crippen LogP contribution in [0, 0.1) is 5.41 Å². The van der Waals surface area contributed by atoms with Gasteiger partial charge in [0.1, 0.15) is 0 Å². The van der Waals surface area contributed by atoms with E-state index in [1.54, 1.807) is 5.56 Å². The van der Waals surface area contributed by atoms with Crippen molar-refractivity contribution in [1.82, 2.24) is 0 Å². The zero-order chi connectivity index (χ0) is 15.7. The molecular weight excluding hydrogens is 300 g/mol. The normalized spacial score (nSPS) is 20.4. The van der Waals surface area contributed by atoms with Gasteiger partial charge in [-0.3, -0.25) is 0 Å². The fourth-order valence-corrected chi connectivity index (χ4v) is 4.71. The van der Waals surface area contributed by atoms with Crippen LogP contribution in [0.5, 0.6) is 0 Å². The average molecular weight is 325 g/mol. The number of hydrogen-bond donors (Lipinski definition) is 0. The van der Waals surface area contributed by atoms with Gasteiger partial charge in [0.2, 0.25) is 0 Å². The molecule has 0 aliphatic heterocycles. The molecule has 1 spiro atoms. The molecule has 0 saturated heterocycles. The third kappa shape index (κ3) is 3.19. The Labute approximate surface area is 144 Å². The lowest BCUT2D eigenvalue weighted by Crippen LogP contribution is -2.33. The van der Waals surface area contributed by atoms with Crippen LogP contribution in [-0.2, 0) is 6.42 Å². The van der Waals surface area contributed by atoms with E-state index in [0.29, 0.717) is 0 Å².